The lowest BCUT2D eigenvalue weighted by Crippen LogP contribution is -2.67. The molecule has 3 aliphatic carbocycles. The number of carbonyl (C=O) groups excluding carboxylic acids is 1. The van der Waals surface area contributed by atoms with Crippen LogP contribution in [0.25, 0.3) is 0 Å². The molecule has 5 rings (SSSR count). The molecular formula is C17H19F5N4O2. The Kier molecular flexibility index (Phi) is 4.12. The molecule has 6 nitrogen and oxygen atoms in total. The number of halogens is 5. The minimum absolute atomic E-state index is 0.139. The van der Waals surface area contributed by atoms with E-state index in [4.69, 9.17) is 0 Å². The van der Waals surface area contributed by atoms with E-state index in [0.717, 1.165) is 6.33 Å². The van der Waals surface area contributed by atoms with Crippen LogP contribution in [0, 0.1) is 5.82 Å². The van der Waals surface area contributed by atoms with Gasteiger partial charge in [0.1, 0.15) is 24.1 Å². The minimum Gasteiger partial charge on any atom is -0.356 e. The van der Waals surface area contributed by atoms with E-state index in [1.807, 2.05) is 0 Å². The zero-order valence-corrected chi connectivity index (χ0v) is 15.2. The lowest BCUT2D eigenvalue weighted by Gasteiger charge is -2.65. The summed E-state index contributed by atoms with van der Waals surface area (Å²) < 4.78 is 69.4. The molecular weight excluding hydrogens is 387 g/mol. The summed E-state index contributed by atoms with van der Waals surface area (Å²) in [5.41, 5.74) is -1.67. The molecule has 28 heavy (non-hydrogen) atoms. The largest absolute Gasteiger partial charge is 0.522 e. The summed E-state index contributed by atoms with van der Waals surface area (Å²) in [4.78, 5) is 21.5. The van der Waals surface area contributed by atoms with Crippen LogP contribution in [0.5, 0.6) is 0 Å². The monoisotopic (exact) mass is 406 g/mol. The highest BCUT2D eigenvalue weighted by Crippen LogP contribution is 2.69. The number of aromatic nitrogens is 2. The fourth-order valence-electron chi connectivity index (χ4n) is 4.44. The van der Waals surface area contributed by atoms with E-state index in [0.29, 0.717) is 0 Å². The van der Waals surface area contributed by atoms with Crippen LogP contribution in [0.4, 0.5) is 27.8 Å². The lowest BCUT2D eigenvalue weighted by molar-refractivity contribution is -0.359. The molecule has 0 aromatic carbocycles. The number of nitrogens with zero attached hydrogens (tertiary/aromatic N) is 3. The van der Waals surface area contributed by atoms with Gasteiger partial charge in [-0.15, -0.1) is 13.2 Å². The number of nitrogens with one attached hydrogen (secondary N) is 1. The molecule has 1 aromatic rings. The van der Waals surface area contributed by atoms with Gasteiger partial charge in [-0.25, -0.2) is 18.7 Å². The number of ether oxygens (including phenoxy) is 1. The van der Waals surface area contributed by atoms with Crippen molar-refractivity contribution in [1.29, 1.82) is 0 Å². The zero-order chi connectivity index (χ0) is 20.5. The van der Waals surface area contributed by atoms with Crippen LogP contribution in [-0.2, 0) is 14.9 Å². The maximum atomic E-state index is 14.8. The molecule has 1 aromatic heterocycles. The summed E-state index contributed by atoms with van der Waals surface area (Å²) in [5.74, 6) is -1.40. The molecule has 0 unspecified atom stereocenters. The Labute approximate surface area is 157 Å². The number of anilines is 1. The first kappa shape index (κ1) is 19.3. The van der Waals surface area contributed by atoms with Gasteiger partial charge in [-0.2, -0.15) is 0 Å². The second kappa shape index (κ2) is 5.98. The molecule has 11 heteroatoms. The fraction of sp³-hybridized carbons (Fsp3) is 0.706. The van der Waals surface area contributed by atoms with E-state index in [1.165, 1.54) is 18.7 Å². The standard InChI is InChI=1S/C17H19F5N4O2/c1-8(14(27)26-3-10(9(26)2)28-17(20,21)22)25-13-11(18)12(23-7-24-13)15-4-16(19,5-15)6-15/h7-10H,3-6H2,1-2H3,(H,23,24,25)/t8-,9+,10+,15?,16?/m1/s1. The topological polar surface area (TPSA) is 67.4 Å². The average molecular weight is 406 g/mol. The van der Waals surface area contributed by atoms with E-state index >= 15 is 0 Å². The number of alkyl halides is 4. The number of likely N-dealkylation sites (tertiary alicyclic amines) is 1. The van der Waals surface area contributed by atoms with Gasteiger partial charge in [0.2, 0.25) is 5.91 Å². The van der Waals surface area contributed by atoms with Crippen molar-refractivity contribution in [2.75, 3.05) is 11.9 Å². The van der Waals surface area contributed by atoms with Gasteiger partial charge in [0, 0.05) is 12.0 Å². The van der Waals surface area contributed by atoms with Gasteiger partial charge >= 0.3 is 6.36 Å². The number of amides is 1. The van der Waals surface area contributed by atoms with Gasteiger partial charge in [-0.05, 0) is 33.1 Å². The summed E-state index contributed by atoms with van der Waals surface area (Å²) in [6.45, 7) is 2.71. The Morgan fingerprint density at radius 1 is 1.36 bits per heavy atom. The molecule has 0 radical (unpaired) electrons. The summed E-state index contributed by atoms with van der Waals surface area (Å²) in [5, 5.41) is 2.66. The zero-order valence-electron chi connectivity index (χ0n) is 15.2. The van der Waals surface area contributed by atoms with Gasteiger partial charge in [-0.1, -0.05) is 0 Å². The second-order valence-electron chi connectivity index (χ2n) is 8.05. The molecule has 1 saturated heterocycles. The SMILES string of the molecule is C[C@@H](Nc1ncnc(C23CC(F)(C2)C3)c1F)C(=O)N1C[C@H](OC(F)(F)F)[C@@H]1C. The van der Waals surface area contributed by atoms with Crippen molar-refractivity contribution in [3.8, 4) is 0 Å². The van der Waals surface area contributed by atoms with Gasteiger partial charge in [-0.3, -0.25) is 9.53 Å². The normalized spacial score (nSPS) is 34.8. The highest BCUT2D eigenvalue weighted by molar-refractivity contribution is 5.85. The predicted octanol–water partition coefficient (Wildman–Crippen LogP) is 2.70. The quantitative estimate of drug-likeness (QED) is 0.762. The third kappa shape index (κ3) is 2.99. The number of rotatable bonds is 5. The second-order valence-corrected chi connectivity index (χ2v) is 8.05. The Morgan fingerprint density at radius 3 is 2.54 bits per heavy atom. The van der Waals surface area contributed by atoms with Crippen LogP contribution in [0.1, 0.15) is 38.8 Å². The van der Waals surface area contributed by atoms with Crippen LogP contribution < -0.4 is 5.32 Å². The number of carbonyl (C=O) groups is 1. The predicted molar refractivity (Wildman–Crippen MR) is 86.5 cm³/mol. The maximum Gasteiger partial charge on any atom is 0.522 e. The summed E-state index contributed by atoms with van der Waals surface area (Å²) in [6, 6.07) is -1.68. The first-order valence-electron chi connectivity index (χ1n) is 8.95. The van der Waals surface area contributed by atoms with Crippen LogP contribution in [0.2, 0.25) is 0 Å². The molecule has 1 amide bonds. The molecule has 4 aliphatic rings. The number of hydrogen-bond donors (Lipinski definition) is 1. The first-order valence-corrected chi connectivity index (χ1v) is 8.95. The highest BCUT2D eigenvalue weighted by Gasteiger charge is 2.71. The average Bonchev–Trinajstić information content (AvgIpc) is 2.55. The van der Waals surface area contributed by atoms with Crippen molar-refractivity contribution in [3.63, 3.8) is 0 Å². The van der Waals surface area contributed by atoms with Crippen molar-refractivity contribution in [2.24, 2.45) is 0 Å². The van der Waals surface area contributed by atoms with Crippen LogP contribution in [0.15, 0.2) is 6.33 Å². The Morgan fingerprint density at radius 2 is 2.00 bits per heavy atom. The van der Waals surface area contributed by atoms with E-state index in [2.05, 4.69) is 20.0 Å². The van der Waals surface area contributed by atoms with Crippen LogP contribution in [0.3, 0.4) is 0 Å². The van der Waals surface area contributed by atoms with Crippen LogP contribution in [-0.4, -0.2) is 57.5 Å². The van der Waals surface area contributed by atoms with Gasteiger partial charge in [0.25, 0.3) is 0 Å². The molecule has 3 atom stereocenters. The summed E-state index contributed by atoms with van der Waals surface area (Å²) in [7, 11) is 0. The summed E-state index contributed by atoms with van der Waals surface area (Å²) in [6.07, 6.45) is -4.05. The molecule has 154 valence electrons. The van der Waals surface area contributed by atoms with Gasteiger partial charge < -0.3 is 10.2 Å². The molecule has 1 N–H and O–H groups in total. The van der Waals surface area contributed by atoms with Crippen LogP contribution >= 0.6 is 0 Å². The Balaban J connectivity index is 1.39. The van der Waals surface area contributed by atoms with Crippen molar-refractivity contribution < 1.29 is 31.5 Å². The molecule has 3 saturated carbocycles. The van der Waals surface area contributed by atoms with E-state index < -0.39 is 47.4 Å². The molecule has 4 fully saturated rings. The molecule has 2 heterocycles. The van der Waals surface area contributed by atoms with Crippen molar-refractivity contribution in [2.45, 2.75) is 68.7 Å². The molecule has 1 aliphatic heterocycles. The summed E-state index contributed by atoms with van der Waals surface area (Å²) >= 11 is 0. The van der Waals surface area contributed by atoms with Crippen molar-refractivity contribution in [3.05, 3.63) is 17.8 Å². The molecule has 2 bridgehead atoms. The highest BCUT2D eigenvalue weighted by atomic mass is 19.4. The fourth-order valence-corrected chi connectivity index (χ4v) is 4.44. The smallest absolute Gasteiger partial charge is 0.356 e. The minimum atomic E-state index is -4.77. The van der Waals surface area contributed by atoms with Gasteiger partial charge in [0.05, 0.1) is 11.7 Å². The third-order valence-corrected chi connectivity index (χ3v) is 5.96. The van der Waals surface area contributed by atoms with E-state index in [9.17, 15) is 26.7 Å². The lowest BCUT2D eigenvalue weighted by atomic mass is 9.41. The first-order chi connectivity index (χ1) is 12.9. The number of hydrogen-bond acceptors (Lipinski definition) is 5. The Hall–Kier alpha value is -2.04. The Bertz CT molecular complexity index is 797. The van der Waals surface area contributed by atoms with E-state index in [-0.39, 0.29) is 37.3 Å². The van der Waals surface area contributed by atoms with Crippen molar-refractivity contribution >= 4 is 11.7 Å². The maximum absolute atomic E-state index is 14.8. The van der Waals surface area contributed by atoms with Crippen molar-refractivity contribution in [1.82, 2.24) is 14.9 Å². The van der Waals surface area contributed by atoms with Gasteiger partial charge in [0.15, 0.2) is 11.6 Å². The molecule has 0 spiro atoms. The third-order valence-electron chi connectivity index (χ3n) is 5.96. The van der Waals surface area contributed by atoms with E-state index in [1.54, 1.807) is 0 Å².